The van der Waals surface area contributed by atoms with Crippen LogP contribution in [0.1, 0.15) is 32.6 Å². The second kappa shape index (κ2) is 8.71. The molecule has 3 rings (SSSR count). The van der Waals surface area contributed by atoms with Gasteiger partial charge < -0.3 is 14.7 Å². The lowest BCUT2D eigenvalue weighted by molar-refractivity contribution is -0.118. The normalized spacial score (nSPS) is 11.1. The van der Waals surface area contributed by atoms with Crippen molar-refractivity contribution in [2.75, 3.05) is 12.3 Å². The molecule has 0 atom stereocenters. The van der Waals surface area contributed by atoms with E-state index in [-0.39, 0.29) is 11.7 Å². The summed E-state index contributed by atoms with van der Waals surface area (Å²) >= 11 is 1.26. The van der Waals surface area contributed by atoms with Gasteiger partial charge in [0.1, 0.15) is 0 Å². The molecule has 2 N–H and O–H groups in total. The highest BCUT2D eigenvalue weighted by Crippen LogP contribution is 2.29. The molecule has 0 aliphatic heterocycles. The topological polar surface area (TPSA) is 83.8 Å². The van der Waals surface area contributed by atoms with Gasteiger partial charge in [0, 0.05) is 23.6 Å². The van der Waals surface area contributed by atoms with E-state index in [0.717, 1.165) is 35.9 Å². The maximum atomic E-state index is 11.8. The number of aromatic nitrogens is 3. The first-order chi connectivity index (χ1) is 12.3. The Morgan fingerprint density at radius 3 is 3.00 bits per heavy atom. The van der Waals surface area contributed by atoms with Gasteiger partial charge in [0.2, 0.25) is 5.91 Å². The van der Waals surface area contributed by atoms with Crippen molar-refractivity contribution in [3.63, 3.8) is 0 Å². The molecule has 0 saturated carbocycles. The number of H-pyrrole nitrogens is 1. The fourth-order valence-electron chi connectivity index (χ4n) is 2.58. The Balaban J connectivity index is 1.51. The molecule has 6 nitrogen and oxygen atoms in total. The highest BCUT2D eigenvalue weighted by Gasteiger charge is 2.14. The number of aromatic amines is 1. The Kier molecular flexibility index (Phi) is 6.11. The fraction of sp³-hybridized carbons (Fsp3) is 0.389. The largest absolute Gasteiger partial charge is 0.411 e. The van der Waals surface area contributed by atoms with Crippen LogP contribution < -0.4 is 5.32 Å². The molecule has 7 heteroatoms. The molecule has 0 aliphatic rings. The predicted octanol–water partition coefficient (Wildman–Crippen LogP) is 4.01. The molecular weight excluding hydrogens is 336 g/mol. The number of fused-ring (bicyclic) bond motifs is 1. The third-order valence-electron chi connectivity index (χ3n) is 3.91. The van der Waals surface area contributed by atoms with E-state index < -0.39 is 0 Å². The van der Waals surface area contributed by atoms with Gasteiger partial charge in [-0.3, -0.25) is 4.79 Å². The zero-order valence-electron chi connectivity index (χ0n) is 14.2. The summed E-state index contributed by atoms with van der Waals surface area (Å²) in [5, 5.41) is 12.5. The summed E-state index contributed by atoms with van der Waals surface area (Å²) in [5.74, 6) is 0.733. The maximum absolute atomic E-state index is 11.8. The predicted molar refractivity (Wildman–Crippen MR) is 99.5 cm³/mol. The number of benzene rings is 1. The Morgan fingerprint density at radius 2 is 2.12 bits per heavy atom. The van der Waals surface area contributed by atoms with E-state index in [1.54, 1.807) is 0 Å². The van der Waals surface area contributed by atoms with Crippen molar-refractivity contribution in [3.05, 3.63) is 30.5 Å². The number of unbranched alkanes of at least 4 members (excludes halogenated alkanes) is 3. The minimum Gasteiger partial charge on any atom is -0.411 e. The van der Waals surface area contributed by atoms with E-state index in [9.17, 15) is 4.79 Å². The van der Waals surface area contributed by atoms with E-state index in [0.29, 0.717) is 11.1 Å². The van der Waals surface area contributed by atoms with Crippen LogP contribution in [0.4, 0.5) is 0 Å². The summed E-state index contributed by atoms with van der Waals surface area (Å²) in [6.45, 7) is 2.90. The number of nitrogens with zero attached hydrogens (tertiary/aromatic N) is 2. The molecule has 2 heterocycles. The first-order valence-electron chi connectivity index (χ1n) is 8.57. The molecule has 0 aliphatic carbocycles. The number of rotatable bonds is 9. The third kappa shape index (κ3) is 4.63. The molecule has 132 valence electrons. The standard InChI is InChI=1S/C18H22N4O2S/c1-2-3-4-7-10-19-16(23)12-25-18-22-21-17(24-18)14-11-20-15-9-6-5-8-13(14)15/h5-6,8-9,11,20H,2-4,7,10,12H2,1H3,(H,19,23). The molecular formula is C18H22N4O2S. The van der Waals surface area contributed by atoms with Crippen LogP contribution in [-0.4, -0.2) is 33.4 Å². The number of nitrogens with one attached hydrogen (secondary N) is 2. The molecule has 25 heavy (non-hydrogen) atoms. The molecule has 0 radical (unpaired) electrons. The average Bonchev–Trinajstić information content (AvgIpc) is 3.26. The second-order valence-corrected chi connectivity index (χ2v) is 6.75. The first kappa shape index (κ1) is 17.5. The van der Waals surface area contributed by atoms with Gasteiger partial charge in [-0.05, 0) is 12.5 Å². The summed E-state index contributed by atoms with van der Waals surface area (Å²) in [6.07, 6.45) is 6.44. The highest BCUT2D eigenvalue weighted by molar-refractivity contribution is 7.99. The van der Waals surface area contributed by atoms with Crippen molar-refractivity contribution in [2.24, 2.45) is 0 Å². The SMILES string of the molecule is CCCCCCNC(=O)CSc1nnc(-c2c[nH]c3ccccc23)o1. The Bertz CT molecular complexity index is 827. The average molecular weight is 358 g/mol. The molecule has 2 aromatic heterocycles. The Labute approximate surface area is 150 Å². The summed E-state index contributed by atoms with van der Waals surface area (Å²) in [4.78, 5) is 15.0. The molecule has 0 fully saturated rings. The van der Waals surface area contributed by atoms with Gasteiger partial charge in [-0.1, -0.05) is 56.1 Å². The third-order valence-corrected chi connectivity index (χ3v) is 4.72. The van der Waals surface area contributed by atoms with Crippen molar-refractivity contribution in [1.82, 2.24) is 20.5 Å². The van der Waals surface area contributed by atoms with Crippen LogP contribution in [0.3, 0.4) is 0 Å². The minimum atomic E-state index is -0.00616. The molecule has 0 spiro atoms. The van der Waals surface area contributed by atoms with Crippen molar-refractivity contribution in [1.29, 1.82) is 0 Å². The van der Waals surface area contributed by atoms with Gasteiger partial charge in [0.05, 0.1) is 11.3 Å². The van der Waals surface area contributed by atoms with Gasteiger partial charge in [-0.15, -0.1) is 10.2 Å². The number of carbonyl (C=O) groups is 1. The van der Waals surface area contributed by atoms with E-state index in [2.05, 4.69) is 27.4 Å². The van der Waals surface area contributed by atoms with Crippen molar-refractivity contribution in [2.45, 2.75) is 37.8 Å². The van der Waals surface area contributed by atoms with Crippen LogP contribution in [0.15, 0.2) is 40.1 Å². The van der Waals surface area contributed by atoms with Crippen LogP contribution in [0.2, 0.25) is 0 Å². The maximum Gasteiger partial charge on any atom is 0.277 e. The van der Waals surface area contributed by atoms with Gasteiger partial charge >= 0.3 is 0 Å². The fourth-order valence-corrected chi connectivity index (χ4v) is 3.18. The Morgan fingerprint density at radius 1 is 1.24 bits per heavy atom. The number of para-hydroxylation sites is 1. The highest BCUT2D eigenvalue weighted by atomic mass is 32.2. The monoisotopic (exact) mass is 358 g/mol. The molecule has 1 aromatic carbocycles. The summed E-state index contributed by atoms with van der Waals surface area (Å²) < 4.78 is 5.68. The van der Waals surface area contributed by atoms with Crippen molar-refractivity contribution in [3.8, 4) is 11.5 Å². The van der Waals surface area contributed by atoms with E-state index in [4.69, 9.17) is 4.42 Å². The molecule has 3 aromatic rings. The van der Waals surface area contributed by atoms with E-state index >= 15 is 0 Å². The molecule has 1 amide bonds. The van der Waals surface area contributed by atoms with Gasteiger partial charge in [0.15, 0.2) is 0 Å². The molecule has 0 saturated heterocycles. The van der Waals surface area contributed by atoms with Crippen LogP contribution in [0.25, 0.3) is 22.4 Å². The van der Waals surface area contributed by atoms with Crippen LogP contribution in [0.5, 0.6) is 0 Å². The number of thioether (sulfide) groups is 1. The van der Waals surface area contributed by atoms with Gasteiger partial charge in [0.25, 0.3) is 11.1 Å². The van der Waals surface area contributed by atoms with Gasteiger partial charge in [-0.2, -0.15) is 0 Å². The minimum absolute atomic E-state index is 0.00616. The van der Waals surface area contributed by atoms with Crippen molar-refractivity contribution < 1.29 is 9.21 Å². The summed E-state index contributed by atoms with van der Waals surface area (Å²) in [5.41, 5.74) is 1.89. The lowest BCUT2D eigenvalue weighted by atomic mass is 10.2. The second-order valence-electron chi connectivity index (χ2n) is 5.82. The number of hydrogen-bond acceptors (Lipinski definition) is 5. The van der Waals surface area contributed by atoms with Gasteiger partial charge in [-0.25, -0.2) is 0 Å². The quantitative estimate of drug-likeness (QED) is 0.446. The summed E-state index contributed by atoms with van der Waals surface area (Å²) in [7, 11) is 0. The molecule has 0 unspecified atom stereocenters. The first-order valence-corrected chi connectivity index (χ1v) is 9.56. The van der Waals surface area contributed by atoms with E-state index in [1.807, 2.05) is 30.5 Å². The van der Waals surface area contributed by atoms with Crippen LogP contribution >= 0.6 is 11.8 Å². The van der Waals surface area contributed by atoms with Crippen LogP contribution in [0, 0.1) is 0 Å². The Hall–Kier alpha value is -2.28. The smallest absolute Gasteiger partial charge is 0.277 e. The zero-order valence-corrected chi connectivity index (χ0v) is 15.1. The number of hydrogen-bond donors (Lipinski definition) is 2. The molecule has 0 bridgehead atoms. The lowest BCUT2D eigenvalue weighted by Crippen LogP contribution is -2.26. The zero-order chi connectivity index (χ0) is 17.5. The lowest BCUT2D eigenvalue weighted by Gasteiger charge is -2.03. The summed E-state index contributed by atoms with van der Waals surface area (Å²) in [6, 6.07) is 7.94. The number of carbonyl (C=O) groups excluding carboxylic acids is 1. The van der Waals surface area contributed by atoms with E-state index in [1.165, 1.54) is 24.6 Å². The van der Waals surface area contributed by atoms with Crippen LogP contribution in [-0.2, 0) is 4.79 Å². The number of amides is 1. The van der Waals surface area contributed by atoms with Crippen molar-refractivity contribution >= 4 is 28.6 Å².